The molecule has 0 unspecified atom stereocenters. The Morgan fingerprint density at radius 1 is 0.455 bits per heavy atom. The quantitative estimate of drug-likeness (QED) is 0.492. The van der Waals surface area contributed by atoms with Crippen LogP contribution in [0.15, 0.2) is 72.8 Å². The summed E-state index contributed by atoms with van der Waals surface area (Å²) < 4.78 is 0. The van der Waals surface area contributed by atoms with Crippen molar-refractivity contribution < 1.29 is 0 Å². The smallest absolute Gasteiger partial charge is 0.0400 e. The number of anilines is 2. The van der Waals surface area contributed by atoms with Gasteiger partial charge >= 0.3 is 0 Å². The van der Waals surface area contributed by atoms with Crippen molar-refractivity contribution in [2.24, 2.45) is 0 Å². The molecule has 2 nitrogen and oxygen atoms in total. The summed E-state index contributed by atoms with van der Waals surface area (Å²) in [6.45, 7) is 0. The number of nitrogens with two attached hydrogens (primary N) is 2. The van der Waals surface area contributed by atoms with Crippen LogP contribution < -0.4 is 11.5 Å². The van der Waals surface area contributed by atoms with Crippen LogP contribution in [0.3, 0.4) is 0 Å². The Hall–Kier alpha value is -3.00. The first kappa shape index (κ1) is 12.7. The molecule has 0 atom stereocenters. The SMILES string of the molecule is Nc1cc2ccccc2cc1-c1cc2ccccc2cc1N. The van der Waals surface area contributed by atoms with Crippen molar-refractivity contribution in [1.82, 2.24) is 0 Å². The maximum absolute atomic E-state index is 6.28. The van der Waals surface area contributed by atoms with Gasteiger partial charge in [0.2, 0.25) is 0 Å². The largest absolute Gasteiger partial charge is 0.398 e. The summed E-state index contributed by atoms with van der Waals surface area (Å²) in [5, 5.41) is 4.62. The van der Waals surface area contributed by atoms with Crippen molar-refractivity contribution in [3.8, 4) is 11.1 Å². The van der Waals surface area contributed by atoms with Gasteiger partial charge in [-0.25, -0.2) is 0 Å². The van der Waals surface area contributed by atoms with Crippen LogP contribution in [0.5, 0.6) is 0 Å². The molecule has 0 aliphatic rings. The lowest BCUT2D eigenvalue weighted by Crippen LogP contribution is -1.95. The average Bonchev–Trinajstić information content (AvgIpc) is 2.54. The number of rotatable bonds is 1. The van der Waals surface area contributed by atoms with Crippen molar-refractivity contribution in [2.75, 3.05) is 11.5 Å². The van der Waals surface area contributed by atoms with Crippen molar-refractivity contribution in [3.63, 3.8) is 0 Å². The van der Waals surface area contributed by atoms with E-state index in [2.05, 4.69) is 36.4 Å². The van der Waals surface area contributed by atoms with E-state index in [0.717, 1.165) is 33.3 Å². The van der Waals surface area contributed by atoms with Gasteiger partial charge in [0.25, 0.3) is 0 Å². The summed E-state index contributed by atoms with van der Waals surface area (Å²) >= 11 is 0. The van der Waals surface area contributed by atoms with E-state index in [-0.39, 0.29) is 0 Å². The van der Waals surface area contributed by atoms with Crippen LogP contribution in [0.2, 0.25) is 0 Å². The Morgan fingerprint density at radius 3 is 1.14 bits per heavy atom. The van der Waals surface area contributed by atoms with E-state index in [1.807, 2.05) is 36.4 Å². The number of nitrogen functional groups attached to an aromatic ring is 2. The molecule has 0 bridgehead atoms. The Bertz CT molecular complexity index is 920. The second-order valence-electron chi connectivity index (χ2n) is 5.57. The summed E-state index contributed by atoms with van der Waals surface area (Å²) in [5.41, 5.74) is 16.0. The van der Waals surface area contributed by atoms with E-state index in [0.29, 0.717) is 0 Å². The van der Waals surface area contributed by atoms with Gasteiger partial charge in [0.1, 0.15) is 0 Å². The molecule has 106 valence electrons. The fraction of sp³-hybridized carbons (Fsp3) is 0. The fourth-order valence-electron chi connectivity index (χ4n) is 2.98. The molecule has 4 aromatic rings. The van der Waals surface area contributed by atoms with E-state index in [9.17, 15) is 0 Å². The highest BCUT2D eigenvalue weighted by Gasteiger charge is 2.09. The number of benzene rings is 4. The second-order valence-corrected chi connectivity index (χ2v) is 5.57. The van der Waals surface area contributed by atoms with Crippen LogP contribution in [-0.4, -0.2) is 0 Å². The standard InChI is InChI=1S/C20H16N2/c21-19-11-15-7-3-1-5-13(15)9-17(19)18-10-14-6-2-4-8-16(14)12-20(18)22/h1-12H,21-22H2. The molecule has 0 heterocycles. The molecule has 0 spiro atoms. The molecule has 0 saturated heterocycles. The monoisotopic (exact) mass is 284 g/mol. The van der Waals surface area contributed by atoms with Gasteiger partial charge in [0.15, 0.2) is 0 Å². The Balaban J connectivity index is 2.02. The molecule has 4 N–H and O–H groups in total. The van der Waals surface area contributed by atoms with Crippen LogP contribution >= 0.6 is 0 Å². The number of fused-ring (bicyclic) bond motifs is 2. The van der Waals surface area contributed by atoms with E-state index in [4.69, 9.17) is 11.5 Å². The van der Waals surface area contributed by atoms with Crippen molar-refractivity contribution in [3.05, 3.63) is 72.8 Å². The summed E-state index contributed by atoms with van der Waals surface area (Å²) in [6, 6.07) is 24.7. The maximum Gasteiger partial charge on any atom is 0.0400 e. The summed E-state index contributed by atoms with van der Waals surface area (Å²) in [4.78, 5) is 0. The second kappa shape index (κ2) is 4.78. The van der Waals surface area contributed by atoms with E-state index in [1.165, 1.54) is 10.8 Å². The zero-order chi connectivity index (χ0) is 15.1. The predicted molar refractivity (Wildman–Crippen MR) is 95.7 cm³/mol. The van der Waals surface area contributed by atoms with E-state index in [1.54, 1.807) is 0 Å². The van der Waals surface area contributed by atoms with E-state index >= 15 is 0 Å². The van der Waals surface area contributed by atoms with E-state index < -0.39 is 0 Å². The Labute approximate surface area is 129 Å². The van der Waals surface area contributed by atoms with Crippen molar-refractivity contribution in [2.45, 2.75) is 0 Å². The zero-order valence-electron chi connectivity index (χ0n) is 12.1. The third-order valence-electron chi connectivity index (χ3n) is 4.13. The molecule has 4 rings (SSSR count). The molecule has 0 aliphatic heterocycles. The minimum absolute atomic E-state index is 0.751. The van der Waals surface area contributed by atoms with Gasteiger partial charge < -0.3 is 11.5 Å². The lowest BCUT2D eigenvalue weighted by Gasteiger charge is -2.12. The highest BCUT2D eigenvalue weighted by molar-refractivity contribution is 6.00. The summed E-state index contributed by atoms with van der Waals surface area (Å²) in [7, 11) is 0. The fourth-order valence-corrected chi connectivity index (χ4v) is 2.98. The molecule has 0 radical (unpaired) electrons. The van der Waals surface area contributed by atoms with Crippen LogP contribution in [0.1, 0.15) is 0 Å². The minimum Gasteiger partial charge on any atom is -0.398 e. The summed E-state index contributed by atoms with van der Waals surface area (Å²) in [6.07, 6.45) is 0. The molecule has 0 aliphatic carbocycles. The summed E-state index contributed by atoms with van der Waals surface area (Å²) in [5.74, 6) is 0. The van der Waals surface area contributed by atoms with Crippen LogP contribution in [0, 0.1) is 0 Å². The maximum atomic E-state index is 6.28. The van der Waals surface area contributed by atoms with Gasteiger partial charge in [-0.15, -0.1) is 0 Å². The van der Waals surface area contributed by atoms with Gasteiger partial charge in [-0.3, -0.25) is 0 Å². The first-order valence-electron chi connectivity index (χ1n) is 7.29. The predicted octanol–water partition coefficient (Wildman–Crippen LogP) is 4.82. The van der Waals surface area contributed by atoms with Crippen LogP contribution in [0.25, 0.3) is 32.7 Å². The molecule has 0 fully saturated rings. The first-order chi connectivity index (χ1) is 10.7. The lowest BCUT2D eigenvalue weighted by molar-refractivity contribution is 1.65. The van der Waals surface area contributed by atoms with Crippen LogP contribution in [0.4, 0.5) is 11.4 Å². The minimum atomic E-state index is 0.751. The molecular formula is C20H16N2. The zero-order valence-corrected chi connectivity index (χ0v) is 12.1. The molecule has 4 aromatic carbocycles. The number of hydrogen-bond donors (Lipinski definition) is 2. The van der Waals surface area contributed by atoms with Gasteiger partial charge in [0, 0.05) is 22.5 Å². The average molecular weight is 284 g/mol. The lowest BCUT2D eigenvalue weighted by atomic mass is 9.95. The van der Waals surface area contributed by atoms with Gasteiger partial charge in [-0.05, 0) is 45.8 Å². The normalized spacial score (nSPS) is 11.1. The topological polar surface area (TPSA) is 52.0 Å². The molecule has 2 heteroatoms. The Morgan fingerprint density at radius 2 is 0.773 bits per heavy atom. The van der Waals surface area contributed by atoms with Crippen molar-refractivity contribution in [1.29, 1.82) is 0 Å². The first-order valence-corrected chi connectivity index (χ1v) is 7.29. The van der Waals surface area contributed by atoms with Gasteiger partial charge in [-0.1, -0.05) is 48.5 Å². The Kier molecular flexibility index (Phi) is 2.76. The third-order valence-corrected chi connectivity index (χ3v) is 4.13. The number of hydrogen-bond acceptors (Lipinski definition) is 2. The third kappa shape index (κ3) is 1.97. The molecule has 0 aromatic heterocycles. The highest BCUT2D eigenvalue weighted by Crippen LogP contribution is 2.36. The van der Waals surface area contributed by atoms with Crippen molar-refractivity contribution >= 4 is 32.9 Å². The van der Waals surface area contributed by atoms with Gasteiger partial charge in [-0.2, -0.15) is 0 Å². The molecular weight excluding hydrogens is 268 g/mol. The van der Waals surface area contributed by atoms with Gasteiger partial charge in [0.05, 0.1) is 0 Å². The molecule has 0 amide bonds. The molecule has 22 heavy (non-hydrogen) atoms. The highest BCUT2D eigenvalue weighted by atomic mass is 14.6. The van der Waals surface area contributed by atoms with Crippen LogP contribution in [-0.2, 0) is 0 Å². The molecule has 0 saturated carbocycles.